The van der Waals surface area contributed by atoms with Crippen molar-refractivity contribution in [1.29, 1.82) is 0 Å². The molecule has 2 rings (SSSR count). The van der Waals surface area contributed by atoms with Gasteiger partial charge in [-0.25, -0.2) is 9.78 Å². The van der Waals surface area contributed by atoms with Crippen molar-refractivity contribution >= 4 is 17.7 Å². The van der Waals surface area contributed by atoms with Crippen LogP contribution >= 0.6 is 11.8 Å². The molecule has 0 saturated heterocycles. The molecule has 0 aliphatic carbocycles. The summed E-state index contributed by atoms with van der Waals surface area (Å²) in [4.78, 5) is 15.4. The molecular weight excluding hydrogens is 224 g/mol. The minimum absolute atomic E-state index is 0.260. The molecule has 5 heteroatoms. The monoisotopic (exact) mass is 240 g/mol. The number of hydrogen-bond acceptors (Lipinski definition) is 3. The van der Waals surface area contributed by atoms with Crippen molar-refractivity contribution in [2.24, 2.45) is 5.92 Å². The van der Waals surface area contributed by atoms with E-state index in [-0.39, 0.29) is 5.69 Å². The molecular formula is C11H16N2O2S. The number of aromatic nitrogens is 2. The molecule has 0 radical (unpaired) electrons. The van der Waals surface area contributed by atoms with E-state index in [4.69, 9.17) is 5.11 Å². The molecule has 1 aromatic heterocycles. The number of carboxylic acid groups (broad SMARTS) is 1. The lowest BCUT2D eigenvalue weighted by atomic mass is 9.97. The second-order valence-corrected chi connectivity index (χ2v) is 5.18. The summed E-state index contributed by atoms with van der Waals surface area (Å²) in [5.74, 6) is 1.36. The molecule has 0 aromatic carbocycles. The largest absolute Gasteiger partial charge is 0.476 e. The predicted octanol–water partition coefficient (Wildman–Crippen LogP) is 2.03. The van der Waals surface area contributed by atoms with Crippen molar-refractivity contribution in [1.82, 2.24) is 9.55 Å². The normalized spacial score (nSPS) is 19.5. The Morgan fingerprint density at radius 3 is 3.06 bits per heavy atom. The maximum absolute atomic E-state index is 11.1. The van der Waals surface area contributed by atoms with Gasteiger partial charge in [0.25, 0.3) is 0 Å². The molecule has 1 atom stereocenters. The lowest BCUT2D eigenvalue weighted by Crippen LogP contribution is -2.19. The van der Waals surface area contributed by atoms with Gasteiger partial charge in [-0.3, -0.25) is 0 Å². The fraction of sp³-hybridized carbons (Fsp3) is 0.636. The van der Waals surface area contributed by atoms with Crippen LogP contribution in [-0.4, -0.2) is 26.9 Å². The quantitative estimate of drug-likeness (QED) is 0.878. The zero-order chi connectivity index (χ0) is 11.7. The molecule has 0 amide bonds. The minimum Gasteiger partial charge on any atom is -0.476 e. The van der Waals surface area contributed by atoms with E-state index in [2.05, 4.69) is 16.5 Å². The van der Waals surface area contributed by atoms with Gasteiger partial charge in [0.15, 0.2) is 5.69 Å². The molecule has 1 unspecified atom stereocenters. The summed E-state index contributed by atoms with van der Waals surface area (Å²) in [5, 5.41) is 9.13. The van der Waals surface area contributed by atoms with Gasteiger partial charge in [0.2, 0.25) is 0 Å². The number of hydrogen-bond donors (Lipinski definition) is 1. The summed E-state index contributed by atoms with van der Waals surface area (Å²) < 4.78 is 2.10. The Morgan fingerprint density at radius 2 is 2.44 bits per heavy atom. The molecule has 1 aromatic rings. The zero-order valence-corrected chi connectivity index (χ0v) is 10.4. The van der Waals surface area contributed by atoms with Crippen molar-refractivity contribution in [2.45, 2.75) is 32.1 Å². The lowest BCUT2D eigenvalue weighted by Gasteiger charge is -2.22. The maximum atomic E-state index is 11.1. The number of nitrogens with zero attached hydrogens (tertiary/aromatic N) is 2. The molecule has 0 spiro atoms. The predicted molar refractivity (Wildman–Crippen MR) is 63.9 cm³/mol. The molecule has 4 nitrogen and oxygen atoms in total. The second-order valence-electron chi connectivity index (χ2n) is 4.31. The molecule has 16 heavy (non-hydrogen) atoms. The van der Waals surface area contributed by atoms with Gasteiger partial charge >= 0.3 is 5.97 Å². The Balaban J connectivity index is 2.44. The third-order valence-electron chi connectivity index (χ3n) is 3.01. The molecule has 2 heterocycles. The van der Waals surface area contributed by atoms with Gasteiger partial charge in [-0.1, -0.05) is 6.92 Å². The van der Waals surface area contributed by atoms with Crippen LogP contribution in [0.3, 0.4) is 0 Å². The summed E-state index contributed by atoms with van der Waals surface area (Å²) in [6, 6.07) is 0. The van der Waals surface area contributed by atoms with Crippen molar-refractivity contribution in [3.63, 3.8) is 0 Å². The fourth-order valence-corrected chi connectivity index (χ4v) is 2.68. The number of carboxylic acids is 1. The summed E-state index contributed by atoms with van der Waals surface area (Å²) in [6.07, 6.45) is 3.96. The second kappa shape index (κ2) is 4.49. The zero-order valence-electron chi connectivity index (χ0n) is 9.56. The molecule has 0 fully saturated rings. The van der Waals surface area contributed by atoms with Gasteiger partial charge in [0.05, 0.1) is 11.4 Å². The lowest BCUT2D eigenvalue weighted by molar-refractivity contribution is 0.0689. The summed E-state index contributed by atoms with van der Waals surface area (Å²) in [7, 11) is 0. The first kappa shape index (κ1) is 11.5. The molecule has 1 aliphatic rings. The summed E-state index contributed by atoms with van der Waals surface area (Å²) in [5.41, 5.74) is 1.17. The first-order valence-electron chi connectivity index (χ1n) is 5.44. The van der Waals surface area contributed by atoms with Crippen LogP contribution in [0.4, 0.5) is 0 Å². The number of carbonyl (C=O) groups is 1. The summed E-state index contributed by atoms with van der Waals surface area (Å²) >= 11 is 1.68. The van der Waals surface area contributed by atoms with Gasteiger partial charge in [0, 0.05) is 6.54 Å². The number of thioether (sulfide) groups is 1. The Labute approximate surface area is 99.1 Å². The minimum atomic E-state index is -0.898. The topological polar surface area (TPSA) is 55.1 Å². The number of aromatic carboxylic acids is 1. The number of rotatable bonds is 3. The van der Waals surface area contributed by atoms with Crippen molar-refractivity contribution in [2.75, 3.05) is 6.26 Å². The van der Waals surface area contributed by atoms with Crippen molar-refractivity contribution in [3.05, 3.63) is 17.2 Å². The molecule has 88 valence electrons. The van der Waals surface area contributed by atoms with Crippen LogP contribution in [0, 0.1) is 5.92 Å². The van der Waals surface area contributed by atoms with Crippen LogP contribution in [0.15, 0.2) is 0 Å². The maximum Gasteiger partial charge on any atom is 0.356 e. The van der Waals surface area contributed by atoms with Gasteiger partial charge < -0.3 is 9.67 Å². The van der Waals surface area contributed by atoms with E-state index in [1.54, 1.807) is 11.8 Å². The Hall–Kier alpha value is -0.970. The highest BCUT2D eigenvalue weighted by atomic mass is 32.2. The smallest absolute Gasteiger partial charge is 0.356 e. The van der Waals surface area contributed by atoms with Gasteiger partial charge in [0.1, 0.15) is 5.82 Å². The van der Waals surface area contributed by atoms with Crippen LogP contribution in [0.5, 0.6) is 0 Å². The van der Waals surface area contributed by atoms with E-state index >= 15 is 0 Å². The number of fused-ring (bicyclic) bond motifs is 1. The Bertz CT molecular complexity index is 414. The first-order valence-corrected chi connectivity index (χ1v) is 6.83. The highest BCUT2D eigenvalue weighted by Gasteiger charge is 2.26. The molecule has 0 bridgehead atoms. The third-order valence-corrected chi connectivity index (χ3v) is 3.56. The SMILES string of the molecule is CSCc1nc(C(=O)O)c2n1CCC(C)C2. The van der Waals surface area contributed by atoms with Gasteiger partial charge in [-0.15, -0.1) is 0 Å². The van der Waals surface area contributed by atoms with Crippen LogP contribution < -0.4 is 0 Å². The van der Waals surface area contributed by atoms with E-state index in [0.717, 1.165) is 36.7 Å². The van der Waals surface area contributed by atoms with E-state index in [1.807, 2.05) is 6.26 Å². The molecule has 1 aliphatic heterocycles. The molecule has 1 N–H and O–H groups in total. The highest BCUT2D eigenvalue weighted by Crippen LogP contribution is 2.26. The van der Waals surface area contributed by atoms with Crippen LogP contribution in [0.1, 0.15) is 35.4 Å². The van der Waals surface area contributed by atoms with Crippen LogP contribution in [0.25, 0.3) is 0 Å². The Kier molecular flexibility index (Phi) is 3.23. The van der Waals surface area contributed by atoms with Crippen molar-refractivity contribution in [3.8, 4) is 0 Å². The van der Waals surface area contributed by atoms with E-state index in [9.17, 15) is 4.79 Å². The van der Waals surface area contributed by atoms with E-state index in [0.29, 0.717) is 5.92 Å². The van der Waals surface area contributed by atoms with E-state index in [1.165, 1.54) is 0 Å². The fourth-order valence-electron chi connectivity index (χ4n) is 2.20. The number of imidazole rings is 1. The first-order chi connectivity index (χ1) is 7.63. The average Bonchev–Trinajstić information content (AvgIpc) is 2.57. The molecule has 0 saturated carbocycles. The Morgan fingerprint density at radius 1 is 1.69 bits per heavy atom. The van der Waals surface area contributed by atoms with Crippen molar-refractivity contribution < 1.29 is 9.90 Å². The third kappa shape index (κ3) is 1.96. The highest BCUT2D eigenvalue weighted by molar-refractivity contribution is 7.97. The average molecular weight is 240 g/mol. The van der Waals surface area contributed by atoms with Gasteiger partial charge in [-0.2, -0.15) is 11.8 Å². The standard InChI is InChI=1S/C11H16N2O2S/c1-7-3-4-13-8(5-7)10(11(14)15)12-9(13)6-16-2/h7H,3-6H2,1-2H3,(H,14,15). The van der Waals surface area contributed by atoms with Gasteiger partial charge in [-0.05, 0) is 25.0 Å². The summed E-state index contributed by atoms with van der Waals surface area (Å²) in [6.45, 7) is 3.07. The van der Waals surface area contributed by atoms with Crippen LogP contribution in [0.2, 0.25) is 0 Å². The van der Waals surface area contributed by atoms with Crippen LogP contribution in [-0.2, 0) is 18.7 Å². The van der Waals surface area contributed by atoms with E-state index < -0.39 is 5.97 Å².